The van der Waals surface area contributed by atoms with Gasteiger partial charge in [0.25, 0.3) is 0 Å². The van der Waals surface area contributed by atoms with Crippen molar-refractivity contribution in [3.8, 4) is 5.75 Å². The molecule has 128 valence electrons. The van der Waals surface area contributed by atoms with Crippen LogP contribution in [-0.2, 0) is 9.53 Å². The Kier molecular flexibility index (Phi) is 3.56. The monoisotopic (exact) mass is 339 g/mol. The number of phenols is 1. The van der Waals surface area contributed by atoms with Gasteiger partial charge < -0.3 is 15.2 Å². The summed E-state index contributed by atoms with van der Waals surface area (Å²) in [7, 11) is 1.32. The van der Waals surface area contributed by atoms with E-state index >= 15 is 0 Å². The summed E-state index contributed by atoms with van der Waals surface area (Å²) < 4.78 is 6.47. The third-order valence-electron chi connectivity index (χ3n) is 4.65. The number of fused-ring (bicyclic) bond motifs is 1. The summed E-state index contributed by atoms with van der Waals surface area (Å²) >= 11 is 0. The first-order valence-electron chi connectivity index (χ1n) is 8.08. The molecule has 4 rings (SSSR count). The number of Topliss-reactive ketones (excluding diaryl/α,β-unsaturated/α-hetero) is 1. The third kappa shape index (κ3) is 2.39. The van der Waals surface area contributed by atoms with Crippen molar-refractivity contribution in [2.75, 3.05) is 12.4 Å². The fourth-order valence-electron chi connectivity index (χ4n) is 3.48. The predicted molar refractivity (Wildman–Crippen MR) is 89.3 cm³/mol. The van der Waals surface area contributed by atoms with Crippen molar-refractivity contribution in [2.24, 2.45) is 0 Å². The Labute approximate surface area is 143 Å². The van der Waals surface area contributed by atoms with E-state index < -0.39 is 12.0 Å². The number of aromatic nitrogens is 2. The summed E-state index contributed by atoms with van der Waals surface area (Å²) in [5, 5.41) is 17.1. The van der Waals surface area contributed by atoms with Gasteiger partial charge in [-0.15, -0.1) is 0 Å². The van der Waals surface area contributed by atoms with Crippen LogP contribution in [0.1, 0.15) is 41.2 Å². The van der Waals surface area contributed by atoms with E-state index in [1.54, 1.807) is 28.9 Å². The molecular weight excluding hydrogens is 322 g/mol. The number of allylic oxidation sites excluding steroid dienone is 2. The standard InChI is InChI=1S/C18H17N3O4/c1-25-18(24)12-9-19-21-16(10-5-7-11(22)8-6-10)15-13(20-17(12)21)3-2-4-14(15)23/h5-9,16,20,22H,2-4H2,1H3/t16-/m0/s1. The maximum atomic E-state index is 12.6. The van der Waals surface area contributed by atoms with Crippen LogP contribution in [0.4, 0.5) is 5.82 Å². The predicted octanol–water partition coefficient (Wildman–Crippen LogP) is 2.40. The van der Waals surface area contributed by atoms with Gasteiger partial charge in [0.15, 0.2) is 5.78 Å². The number of methoxy groups -OCH3 is 1. The van der Waals surface area contributed by atoms with Crippen LogP contribution in [0.3, 0.4) is 0 Å². The molecule has 1 aliphatic carbocycles. The van der Waals surface area contributed by atoms with Gasteiger partial charge in [0.2, 0.25) is 0 Å². The Morgan fingerprint density at radius 1 is 1.32 bits per heavy atom. The molecule has 1 aliphatic heterocycles. The number of hydrogen-bond acceptors (Lipinski definition) is 6. The highest BCUT2D eigenvalue weighted by Crippen LogP contribution is 2.41. The first kappa shape index (κ1) is 15.4. The number of rotatable bonds is 2. The zero-order valence-corrected chi connectivity index (χ0v) is 13.7. The number of carbonyl (C=O) groups is 2. The average molecular weight is 339 g/mol. The molecule has 0 saturated heterocycles. The van der Waals surface area contributed by atoms with Crippen LogP contribution in [0.5, 0.6) is 5.75 Å². The quantitative estimate of drug-likeness (QED) is 0.816. The molecule has 0 amide bonds. The van der Waals surface area contributed by atoms with Crippen molar-refractivity contribution in [1.29, 1.82) is 0 Å². The summed E-state index contributed by atoms with van der Waals surface area (Å²) in [5.41, 5.74) is 2.65. The summed E-state index contributed by atoms with van der Waals surface area (Å²) in [6.45, 7) is 0. The van der Waals surface area contributed by atoms with E-state index in [1.165, 1.54) is 13.3 Å². The lowest BCUT2D eigenvalue weighted by atomic mass is 9.85. The van der Waals surface area contributed by atoms with Crippen LogP contribution < -0.4 is 5.32 Å². The molecule has 0 fully saturated rings. The maximum absolute atomic E-state index is 12.6. The minimum atomic E-state index is -0.482. The molecule has 2 aliphatic rings. The lowest BCUT2D eigenvalue weighted by Gasteiger charge is -2.33. The topological polar surface area (TPSA) is 93.5 Å². The van der Waals surface area contributed by atoms with Crippen molar-refractivity contribution in [1.82, 2.24) is 9.78 Å². The third-order valence-corrected chi connectivity index (χ3v) is 4.65. The molecular formula is C18H17N3O4. The van der Waals surface area contributed by atoms with Gasteiger partial charge in [-0.3, -0.25) is 4.79 Å². The van der Waals surface area contributed by atoms with Gasteiger partial charge in [0.05, 0.1) is 13.3 Å². The number of carbonyl (C=O) groups excluding carboxylic acids is 2. The van der Waals surface area contributed by atoms with E-state index in [1.807, 2.05) is 0 Å². The Hall–Kier alpha value is -3.09. The minimum Gasteiger partial charge on any atom is -0.508 e. The van der Waals surface area contributed by atoms with Crippen molar-refractivity contribution < 1.29 is 19.4 Å². The molecule has 0 unspecified atom stereocenters. The Bertz CT molecular complexity index is 896. The molecule has 7 heteroatoms. The average Bonchev–Trinajstić information content (AvgIpc) is 3.04. The largest absolute Gasteiger partial charge is 0.508 e. The van der Waals surface area contributed by atoms with Crippen LogP contribution in [-0.4, -0.2) is 33.7 Å². The van der Waals surface area contributed by atoms with Gasteiger partial charge in [-0.25, -0.2) is 9.48 Å². The number of phenolic OH excluding ortho intramolecular Hbond substituents is 1. The highest BCUT2D eigenvalue weighted by atomic mass is 16.5. The van der Waals surface area contributed by atoms with Gasteiger partial charge in [0, 0.05) is 17.7 Å². The van der Waals surface area contributed by atoms with Gasteiger partial charge in [0.1, 0.15) is 23.2 Å². The highest BCUT2D eigenvalue weighted by molar-refractivity contribution is 6.01. The van der Waals surface area contributed by atoms with E-state index in [4.69, 9.17) is 4.74 Å². The first-order chi connectivity index (χ1) is 12.1. The second kappa shape index (κ2) is 5.77. The second-order valence-corrected chi connectivity index (χ2v) is 6.13. The summed E-state index contributed by atoms with van der Waals surface area (Å²) in [4.78, 5) is 24.6. The van der Waals surface area contributed by atoms with E-state index in [2.05, 4.69) is 10.4 Å². The molecule has 0 radical (unpaired) electrons. The number of ether oxygens (including phenoxy) is 1. The van der Waals surface area contributed by atoms with E-state index in [0.29, 0.717) is 23.4 Å². The van der Waals surface area contributed by atoms with Crippen LogP contribution in [0.25, 0.3) is 0 Å². The molecule has 0 bridgehead atoms. The molecule has 2 heterocycles. The molecule has 1 aromatic heterocycles. The molecule has 0 saturated carbocycles. The molecule has 7 nitrogen and oxygen atoms in total. The number of esters is 1. The van der Waals surface area contributed by atoms with Gasteiger partial charge in [-0.1, -0.05) is 12.1 Å². The summed E-state index contributed by atoms with van der Waals surface area (Å²) in [6.07, 6.45) is 3.45. The molecule has 2 N–H and O–H groups in total. The van der Waals surface area contributed by atoms with Crippen molar-refractivity contribution in [2.45, 2.75) is 25.3 Å². The van der Waals surface area contributed by atoms with Crippen molar-refractivity contribution >= 4 is 17.6 Å². The van der Waals surface area contributed by atoms with Gasteiger partial charge in [-0.05, 0) is 30.5 Å². The highest BCUT2D eigenvalue weighted by Gasteiger charge is 2.37. The van der Waals surface area contributed by atoms with Crippen LogP contribution in [0.15, 0.2) is 41.7 Å². The summed E-state index contributed by atoms with van der Waals surface area (Å²) in [5.74, 6) is 0.271. The fraction of sp³-hybridized carbons (Fsp3) is 0.278. The number of benzene rings is 1. The molecule has 1 aromatic carbocycles. The number of aromatic hydroxyl groups is 1. The molecule has 25 heavy (non-hydrogen) atoms. The number of nitrogens with one attached hydrogen (secondary N) is 1. The normalized spacial score (nSPS) is 19.1. The smallest absolute Gasteiger partial charge is 0.343 e. The number of ketones is 1. The Morgan fingerprint density at radius 2 is 2.08 bits per heavy atom. The van der Waals surface area contributed by atoms with Crippen LogP contribution >= 0.6 is 0 Å². The second-order valence-electron chi connectivity index (χ2n) is 6.13. The van der Waals surface area contributed by atoms with Gasteiger partial charge in [-0.2, -0.15) is 5.10 Å². The van der Waals surface area contributed by atoms with Gasteiger partial charge >= 0.3 is 5.97 Å². The maximum Gasteiger partial charge on any atom is 0.343 e. The lowest BCUT2D eigenvalue weighted by Crippen LogP contribution is -2.31. The van der Waals surface area contributed by atoms with E-state index in [9.17, 15) is 14.7 Å². The van der Waals surface area contributed by atoms with E-state index in [-0.39, 0.29) is 11.5 Å². The Morgan fingerprint density at radius 3 is 2.80 bits per heavy atom. The summed E-state index contributed by atoms with van der Waals surface area (Å²) in [6, 6.07) is 6.25. The zero-order valence-electron chi connectivity index (χ0n) is 13.7. The van der Waals surface area contributed by atoms with Crippen LogP contribution in [0.2, 0.25) is 0 Å². The zero-order chi connectivity index (χ0) is 17.6. The number of hydrogen-bond donors (Lipinski definition) is 2. The SMILES string of the molecule is COC(=O)c1cnn2c1NC1=C(C(=O)CCC1)[C@@H]2c1ccc(O)cc1. The van der Waals surface area contributed by atoms with Crippen molar-refractivity contribution in [3.05, 3.63) is 52.9 Å². The van der Waals surface area contributed by atoms with Crippen molar-refractivity contribution in [3.63, 3.8) is 0 Å². The number of nitrogens with zero attached hydrogens (tertiary/aromatic N) is 2. The molecule has 0 spiro atoms. The molecule has 1 atom stereocenters. The van der Waals surface area contributed by atoms with Crippen LogP contribution in [0, 0.1) is 0 Å². The minimum absolute atomic E-state index is 0.0765. The molecule has 2 aromatic rings. The fourth-order valence-corrected chi connectivity index (χ4v) is 3.48. The lowest BCUT2D eigenvalue weighted by molar-refractivity contribution is -0.116. The van der Waals surface area contributed by atoms with E-state index in [0.717, 1.165) is 24.1 Å². The first-order valence-corrected chi connectivity index (χ1v) is 8.08. The Balaban J connectivity index is 1.91. The number of anilines is 1.